The second kappa shape index (κ2) is 5.26. The zero-order chi connectivity index (χ0) is 15.0. The lowest BCUT2D eigenvalue weighted by atomic mass is 10.0. The van der Waals surface area contributed by atoms with E-state index in [1.54, 1.807) is 6.20 Å². The van der Waals surface area contributed by atoms with Crippen molar-refractivity contribution in [3.63, 3.8) is 0 Å². The number of nitrogen functional groups attached to an aromatic ring is 1. The van der Waals surface area contributed by atoms with E-state index < -0.39 is 0 Å². The topological polar surface area (TPSA) is 50.9 Å². The fraction of sp³-hybridized carbons (Fsp3) is 0.118. The smallest absolute Gasteiger partial charge is 0.138 e. The number of benzene rings is 2. The summed E-state index contributed by atoms with van der Waals surface area (Å²) < 4.78 is 0. The molecule has 0 unspecified atom stereocenters. The number of hydrogen-bond acceptors (Lipinski definition) is 3. The number of aryl methyl sites for hydroxylation is 1. The van der Waals surface area contributed by atoms with Crippen molar-refractivity contribution in [1.29, 1.82) is 0 Å². The van der Waals surface area contributed by atoms with Crippen LogP contribution in [0.4, 0.5) is 17.2 Å². The molecule has 0 amide bonds. The van der Waals surface area contributed by atoms with Crippen LogP contribution in [0.15, 0.2) is 42.6 Å². The molecule has 1 aromatic heterocycles. The highest BCUT2D eigenvalue weighted by Gasteiger charge is 2.09. The molecule has 0 fully saturated rings. The Morgan fingerprint density at radius 2 is 1.90 bits per heavy atom. The van der Waals surface area contributed by atoms with Crippen LogP contribution in [0.3, 0.4) is 0 Å². The van der Waals surface area contributed by atoms with E-state index in [1.807, 2.05) is 43.3 Å². The average Bonchev–Trinajstić information content (AvgIpc) is 2.48. The summed E-state index contributed by atoms with van der Waals surface area (Å²) in [6.07, 6.45) is 1.76. The summed E-state index contributed by atoms with van der Waals surface area (Å²) in [5.74, 6) is 0.794. The summed E-state index contributed by atoms with van der Waals surface area (Å²) in [5, 5.41) is 6.15. The lowest BCUT2D eigenvalue weighted by molar-refractivity contribution is 1.31. The van der Waals surface area contributed by atoms with Gasteiger partial charge in [0.05, 0.1) is 0 Å². The van der Waals surface area contributed by atoms with Crippen molar-refractivity contribution in [3.05, 3.63) is 58.7 Å². The van der Waals surface area contributed by atoms with E-state index in [-0.39, 0.29) is 0 Å². The minimum Gasteiger partial charge on any atom is -0.398 e. The minimum absolute atomic E-state index is 0.733. The largest absolute Gasteiger partial charge is 0.398 e. The molecule has 4 heteroatoms. The number of nitrogens with zero attached hydrogens (tertiary/aromatic N) is 1. The van der Waals surface area contributed by atoms with Gasteiger partial charge in [0.15, 0.2) is 0 Å². The number of hydrogen-bond donors (Lipinski definition) is 2. The van der Waals surface area contributed by atoms with Crippen LogP contribution in [-0.4, -0.2) is 4.98 Å². The Kier molecular flexibility index (Phi) is 3.43. The maximum Gasteiger partial charge on any atom is 0.138 e. The Morgan fingerprint density at radius 1 is 1.10 bits per heavy atom. The number of anilines is 3. The Hall–Kier alpha value is -2.26. The highest BCUT2D eigenvalue weighted by Crippen LogP contribution is 2.32. The molecule has 0 saturated heterocycles. The fourth-order valence-corrected chi connectivity index (χ4v) is 2.63. The van der Waals surface area contributed by atoms with E-state index in [0.717, 1.165) is 44.1 Å². The first-order valence-electron chi connectivity index (χ1n) is 6.74. The number of fused-ring (bicyclic) bond motifs is 1. The molecule has 3 N–H and O–H groups in total. The van der Waals surface area contributed by atoms with Gasteiger partial charge in [-0.15, -0.1) is 0 Å². The van der Waals surface area contributed by atoms with Crippen molar-refractivity contribution >= 4 is 39.6 Å². The van der Waals surface area contributed by atoms with Crippen LogP contribution < -0.4 is 11.1 Å². The van der Waals surface area contributed by atoms with E-state index in [0.29, 0.717) is 0 Å². The third-order valence-electron chi connectivity index (χ3n) is 3.69. The summed E-state index contributed by atoms with van der Waals surface area (Å²) in [4.78, 5) is 4.47. The summed E-state index contributed by atoms with van der Waals surface area (Å²) in [6, 6.07) is 11.7. The first-order valence-corrected chi connectivity index (χ1v) is 7.11. The van der Waals surface area contributed by atoms with Gasteiger partial charge in [0.25, 0.3) is 0 Å². The predicted molar refractivity (Wildman–Crippen MR) is 90.4 cm³/mol. The lowest BCUT2D eigenvalue weighted by Crippen LogP contribution is -1.99. The van der Waals surface area contributed by atoms with Gasteiger partial charge in [0, 0.05) is 33.4 Å². The quantitative estimate of drug-likeness (QED) is 0.666. The molecule has 2 aromatic carbocycles. The Morgan fingerprint density at radius 3 is 2.71 bits per heavy atom. The molecule has 0 aliphatic heterocycles. The molecule has 0 atom stereocenters. The standard InChI is InChI=1S/C17H16ClN3/c1-10-6-7-14(19)12-8-9-20-17(16(10)12)21-15-5-3-4-13(18)11(15)2/h3-9H,19H2,1-2H3,(H,20,21). The molecule has 0 bridgehead atoms. The lowest BCUT2D eigenvalue weighted by Gasteiger charge is -2.14. The monoisotopic (exact) mass is 297 g/mol. The van der Waals surface area contributed by atoms with Crippen molar-refractivity contribution in [3.8, 4) is 0 Å². The van der Waals surface area contributed by atoms with Crippen LogP contribution in [0.5, 0.6) is 0 Å². The molecule has 0 aliphatic rings. The molecule has 1 heterocycles. The number of pyridine rings is 1. The van der Waals surface area contributed by atoms with Gasteiger partial charge in [-0.2, -0.15) is 0 Å². The second-order valence-electron chi connectivity index (χ2n) is 5.09. The number of nitrogens with one attached hydrogen (secondary N) is 1. The van der Waals surface area contributed by atoms with Crippen molar-refractivity contribution in [2.24, 2.45) is 0 Å². The van der Waals surface area contributed by atoms with Gasteiger partial charge in [0.2, 0.25) is 0 Å². The van der Waals surface area contributed by atoms with E-state index in [9.17, 15) is 0 Å². The normalized spacial score (nSPS) is 10.8. The van der Waals surface area contributed by atoms with Gasteiger partial charge in [-0.25, -0.2) is 4.98 Å². The first-order chi connectivity index (χ1) is 10.1. The number of aromatic nitrogens is 1. The molecule has 0 radical (unpaired) electrons. The van der Waals surface area contributed by atoms with Crippen molar-refractivity contribution in [2.45, 2.75) is 13.8 Å². The summed E-state index contributed by atoms with van der Waals surface area (Å²) >= 11 is 6.17. The van der Waals surface area contributed by atoms with Gasteiger partial charge in [-0.3, -0.25) is 0 Å². The first kappa shape index (κ1) is 13.7. The molecular weight excluding hydrogens is 282 g/mol. The number of halogens is 1. The molecule has 3 aromatic rings. The van der Waals surface area contributed by atoms with E-state index in [1.165, 1.54) is 0 Å². The maximum atomic E-state index is 6.17. The molecule has 106 valence electrons. The SMILES string of the molecule is Cc1c(Cl)cccc1Nc1nccc2c(N)ccc(C)c12. The zero-order valence-corrected chi connectivity index (χ0v) is 12.7. The van der Waals surface area contributed by atoms with Gasteiger partial charge in [0.1, 0.15) is 5.82 Å². The molecule has 21 heavy (non-hydrogen) atoms. The van der Waals surface area contributed by atoms with Gasteiger partial charge in [-0.05, 0) is 49.2 Å². The van der Waals surface area contributed by atoms with Crippen LogP contribution in [0.1, 0.15) is 11.1 Å². The summed E-state index contributed by atoms with van der Waals surface area (Å²) in [7, 11) is 0. The van der Waals surface area contributed by atoms with Crippen LogP contribution >= 0.6 is 11.6 Å². The fourth-order valence-electron chi connectivity index (χ4n) is 2.45. The summed E-state index contributed by atoms with van der Waals surface area (Å²) in [5.41, 5.74) is 9.90. The van der Waals surface area contributed by atoms with Crippen molar-refractivity contribution in [1.82, 2.24) is 4.98 Å². The maximum absolute atomic E-state index is 6.17. The van der Waals surface area contributed by atoms with Gasteiger partial charge >= 0.3 is 0 Å². The van der Waals surface area contributed by atoms with Crippen LogP contribution in [0.25, 0.3) is 10.8 Å². The second-order valence-corrected chi connectivity index (χ2v) is 5.50. The molecule has 0 aliphatic carbocycles. The molecule has 3 nitrogen and oxygen atoms in total. The molecule has 0 saturated carbocycles. The van der Waals surface area contributed by atoms with E-state index in [2.05, 4.69) is 17.2 Å². The van der Waals surface area contributed by atoms with Crippen LogP contribution in [-0.2, 0) is 0 Å². The molecule has 3 rings (SSSR count). The number of rotatable bonds is 2. The van der Waals surface area contributed by atoms with Crippen LogP contribution in [0.2, 0.25) is 5.02 Å². The van der Waals surface area contributed by atoms with Gasteiger partial charge < -0.3 is 11.1 Å². The zero-order valence-electron chi connectivity index (χ0n) is 11.9. The van der Waals surface area contributed by atoms with Crippen LogP contribution in [0, 0.1) is 13.8 Å². The Labute approximate surface area is 128 Å². The molecule has 0 spiro atoms. The number of nitrogens with two attached hydrogens (primary N) is 1. The summed E-state index contributed by atoms with van der Waals surface area (Å²) in [6.45, 7) is 4.04. The Bertz CT molecular complexity index is 828. The van der Waals surface area contributed by atoms with E-state index >= 15 is 0 Å². The highest BCUT2D eigenvalue weighted by atomic mass is 35.5. The Balaban J connectivity index is 2.17. The van der Waals surface area contributed by atoms with Gasteiger partial charge in [-0.1, -0.05) is 23.7 Å². The average molecular weight is 298 g/mol. The van der Waals surface area contributed by atoms with E-state index in [4.69, 9.17) is 17.3 Å². The minimum atomic E-state index is 0.733. The predicted octanol–water partition coefficient (Wildman–Crippen LogP) is 4.83. The molecular formula is C17H16ClN3. The highest BCUT2D eigenvalue weighted by molar-refractivity contribution is 6.31. The van der Waals surface area contributed by atoms with Crippen molar-refractivity contribution < 1.29 is 0 Å². The van der Waals surface area contributed by atoms with Crippen molar-refractivity contribution in [2.75, 3.05) is 11.1 Å². The third kappa shape index (κ3) is 2.41. The third-order valence-corrected chi connectivity index (χ3v) is 4.10.